The minimum Gasteiger partial charge on any atom is -0.491 e. The fraction of sp³-hybridized carbons (Fsp3) is 0.250. The highest BCUT2D eigenvalue weighted by molar-refractivity contribution is 5.23. The van der Waals surface area contributed by atoms with Crippen LogP contribution in [-0.4, -0.2) is 24.4 Å². The summed E-state index contributed by atoms with van der Waals surface area (Å²) >= 11 is 0. The van der Waals surface area contributed by atoms with Crippen molar-refractivity contribution in [3.8, 4) is 5.75 Å². The molecule has 0 bridgehead atoms. The third-order valence-electron chi connectivity index (χ3n) is 2.70. The van der Waals surface area contributed by atoms with Crippen molar-refractivity contribution in [2.75, 3.05) is 13.2 Å². The first-order valence-corrected chi connectivity index (χ1v) is 6.52. The smallest absolute Gasteiger partial charge is 0.129 e. The van der Waals surface area contributed by atoms with Gasteiger partial charge in [-0.3, -0.25) is 0 Å². The second kappa shape index (κ2) is 7.71. The zero-order chi connectivity index (χ0) is 15.1. The number of rotatable bonds is 7. The molecule has 2 aromatic rings. The van der Waals surface area contributed by atoms with Crippen LogP contribution >= 0.6 is 0 Å². The maximum Gasteiger partial charge on any atom is 0.129 e. The van der Waals surface area contributed by atoms with E-state index in [0.717, 1.165) is 23.8 Å². The molecule has 2 aromatic carbocycles. The van der Waals surface area contributed by atoms with Gasteiger partial charge < -0.3 is 14.6 Å². The van der Waals surface area contributed by atoms with Crippen molar-refractivity contribution in [2.24, 2.45) is 0 Å². The molecule has 2 rings (SSSR count). The van der Waals surface area contributed by atoms with Crippen LogP contribution < -0.4 is 4.74 Å². The summed E-state index contributed by atoms with van der Waals surface area (Å²) in [7, 11) is 0. The lowest BCUT2D eigenvalue weighted by Gasteiger charge is -2.13. The molecular weight excluding hydrogens is 278 g/mol. The molecule has 0 saturated carbocycles. The van der Waals surface area contributed by atoms with Crippen molar-refractivity contribution in [1.29, 1.82) is 0 Å². The van der Waals surface area contributed by atoms with Crippen LogP contribution in [0.2, 0.25) is 0 Å². The fourth-order valence-electron chi connectivity index (χ4n) is 1.74. The number of hydrogen-bond acceptors (Lipinski definition) is 3. The Morgan fingerprint density at radius 3 is 2.29 bits per heavy atom. The summed E-state index contributed by atoms with van der Waals surface area (Å²) in [6.07, 6.45) is -0.875. The van der Waals surface area contributed by atoms with Gasteiger partial charge in [0.25, 0.3) is 0 Å². The van der Waals surface area contributed by atoms with E-state index in [1.165, 1.54) is 0 Å². The predicted octanol–water partition coefficient (Wildman–Crippen LogP) is 2.92. The summed E-state index contributed by atoms with van der Waals surface area (Å²) in [6.45, 7) is 0.358. The van der Waals surface area contributed by atoms with Gasteiger partial charge >= 0.3 is 0 Å². The van der Waals surface area contributed by atoms with Crippen LogP contribution in [0.1, 0.15) is 5.56 Å². The van der Waals surface area contributed by atoms with E-state index in [2.05, 4.69) is 0 Å². The number of ether oxygens (including phenoxy) is 2. The minimum atomic E-state index is -0.875. The van der Waals surface area contributed by atoms with Crippen LogP contribution in [0.25, 0.3) is 0 Å². The fourth-order valence-corrected chi connectivity index (χ4v) is 1.74. The third-order valence-corrected chi connectivity index (χ3v) is 2.70. The number of aliphatic hydroxyl groups is 1. The molecule has 1 N–H and O–H groups in total. The molecule has 0 aromatic heterocycles. The summed E-state index contributed by atoms with van der Waals surface area (Å²) in [5.41, 5.74) is 0.998. The van der Waals surface area contributed by atoms with E-state index < -0.39 is 17.7 Å². The number of hydrogen-bond donors (Lipinski definition) is 1. The summed E-state index contributed by atoms with van der Waals surface area (Å²) in [5, 5.41) is 9.69. The van der Waals surface area contributed by atoms with Crippen LogP contribution in [0.15, 0.2) is 48.5 Å². The topological polar surface area (TPSA) is 38.7 Å². The Bertz CT molecular complexity index is 540. The summed E-state index contributed by atoms with van der Waals surface area (Å²) in [4.78, 5) is 0. The quantitative estimate of drug-likeness (QED) is 0.853. The molecule has 112 valence electrons. The molecule has 0 spiro atoms. The average Bonchev–Trinajstić information content (AvgIpc) is 2.45. The van der Waals surface area contributed by atoms with E-state index in [1.54, 1.807) is 0 Å². The third kappa shape index (κ3) is 5.49. The highest BCUT2D eigenvalue weighted by atomic mass is 19.1. The predicted molar refractivity (Wildman–Crippen MR) is 74.0 cm³/mol. The molecule has 0 amide bonds. The Kier molecular flexibility index (Phi) is 5.66. The van der Waals surface area contributed by atoms with Gasteiger partial charge in [0, 0.05) is 18.2 Å². The van der Waals surface area contributed by atoms with E-state index in [9.17, 15) is 13.9 Å². The summed E-state index contributed by atoms with van der Waals surface area (Å²) in [6, 6.07) is 12.4. The average molecular weight is 294 g/mol. The lowest BCUT2D eigenvalue weighted by Crippen LogP contribution is -2.23. The van der Waals surface area contributed by atoms with E-state index in [-0.39, 0.29) is 19.0 Å². The maximum absolute atomic E-state index is 12.9. The van der Waals surface area contributed by atoms with Crippen LogP contribution in [0.3, 0.4) is 0 Å². The molecule has 0 aliphatic rings. The molecule has 0 aliphatic carbocycles. The molecule has 0 radical (unpaired) electrons. The SMILES string of the molecule is OC(COCc1ccccc1)COc1cc(F)cc(F)c1. The normalized spacial score (nSPS) is 12.1. The van der Waals surface area contributed by atoms with Gasteiger partial charge in [-0.25, -0.2) is 8.78 Å². The van der Waals surface area contributed by atoms with Crippen LogP contribution in [0, 0.1) is 11.6 Å². The van der Waals surface area contributed by atoms with Crippen molar-refractivity contribution in [3.63, 3.8) is 0 Å². The van der Waals surface area contributed by atoms with E-state index in [0.29, 0.717) is 6.61 Å². The molecule has 0 fully saturated rings. The molecule has 0 aliphatic heterocycles. The second-order valence-electron chi connectivity index (χ2n) is 4.57. The van der Waals surface area contributed by atoms with Crippen molar-refractivity contribution in [3.05, 3.63) is 65.7 Å². The first-order chi connectivity index (χ1) is 10.1. The first-order valence-electron chi connectivity index (χ1n) is 6.52. The zero-order valence-electron chi connectivity index (χ0n) is 11.3. The standard InChI is InChI=1S/C16H16F2O3/c17-13-6-14(18)8-16(7-13)21-11-15(19)10-20-9-12-4-2-1-3-5-12/h1-8,15,19H,9-11H2. The van der Waals surface area contributed by atoms with Gasteiger partial charge in [0.2, 0.25) is 0 Å². The highest BCUT2D eigenvalue weighted by Crippen LogP contribution is 2.15. The van der Waals surface area contributed by atoms with Gasteiger partial charge in [-0.1, -0.05) is 30.3 Å². The molecule has 21 heavy (non-hydrogen) atoms. The molecular formula is C16H16F2O3. The Morgan fingerprint density at radius 1 is 0.952 bits per heavy atom. The summed E-state index contributed by atoms with van der Waals surface area (Å²) < 4.78 is 36.3. The van der Waals surface area contributed by atoms with E-state index >= 15 is 0 Å². The minimum absolute atomic E-state index is 0.0367. The van der Waals surface area contributed by atoms with E-state index in [1.807, 2.05) is 30.3 Å². The van der Waals surface area contributed by atoms with Crippen LogP contribution in [0.5, 0.6) is 5.75 Å². The molecule has 5 heteroatoms. The Hall–Kier alpha value is -1.98. The van der Waals surface area contributed by atoms with E-state index in [4.69, 9.17) is 9.47 Å². The van der Waals surface area contributed by atoms with Gasteiger partial charge in [0.1, 0.15) is 30.1 Å². The molecule has 3 nitrogen and oxygen atoms in total. The Balaban J connectivity index is 1.71. The van der Waals surface area contributed by atoms with Crippen molar-refractivity contribution in [1.82, 2.24) is 0 Å². The van der Waals surface area contributed by atoms with Crippen molar-refractivity contribution in [2.45, 2.75) is 12.7 Å². The zero-order valence-corrected chi connectivity index (χ0v) is 11.3. The molecule has 1 atom stereocenters. The number of benzene rings is 2. The lowest BCUT2D eigenvalue weighted by molar-refractivity contribution is 0.00539. The monoisotopic (exact) mass is 294 g/mol. The summed E-state index contributed by atoms with van der Waals surface area (Å²) in [5.74, 6) is -1.41. The maximum atomic E-state index is 12.9. The number of halogens is 2. The number of aliphatic hydroxyl groups excluding tert-OH is 1. The van der Waals surface area contributed by atoms with Gasteiger partial charge in [-0.05, 0) is 5.56 Å². The molecule has 1 unspecified atom stereocenters. The van der Waals surface area contributed by atoms with Gasteiger partial charge in [-0.2, -0.15) is 0 Å². The van der Waals surface area contributed by atoms with Gasteiger partial charge in [0.15, 0.2) is 0 Å². The van der Waals surface area contributed by atoms with Gasteiger partial charge in [-0.15, -0.1) is 0 Å². The van der Waals surface area contributed by atoms with Crippen LogP contribution in [-0.2, 0) is 11.3 Å². The Labute approximate surface area is 121 Å². The van der Waals surface area contributed by atoms with Gasteiger partial charge in [0.05, 0.1) is 13.2 Å². The highest BCUT2D eigenvalue weighted by Gasteiger charge is 2.07. The Morgan fingerprint density at radius 2 is 1.62 bits per heavy atom. The largest absolute Gasteiger partial charge is 0.491 e. The van der Waals surface area contributed by atoms with Crippen LogP contribution in [0.4, 0.5) is 8.78 Å². The van der Waals surface area contributed by atoms with Crippen molar-refractivity contribution < 1.29 is 23.4 Å². The first kappa shape index (κ1) is 15.4. The lowest BCUT2D eigenvalue weighted by atomic mass is 10.2. The second-order valence-corrected chi connectivity index (χ2v) is 4.57. The molecule has 0 heterocycles. The molecule has 0 saturated heterocycles. The van der Waals surface area contributed by atoms with Crippen molar-refractivity contribution >= 4 is 0 Å².